The highest BCUT2D eigenvalue weighted by atomic mass is 127. The molecule has 0 saturated carbocycles. The minimum atomic E-state index is 0.608. The van der Waals surface area contributed by atoms with Crippen molar-refractivity contribution < 1.29 is 4.74 Å². The zero-order valence-corrected chi connectivity index (χ0v) is 6.48. The number of rotatable bonds is 4. The monoisotopic (exact) mass is 213 g/mol. The van der Waals surface area contributed by atoms with E-state index in [0.717, 1.165) is 13.0 Å². The predicted octanol–water partition coefficient (Wildman–Crippen LogP) is 1.66. The highest BCUT2D eigenvalue weighted by Gasteiger charge is 1.79. The minimum absolute atomic E-state index is 0.608. The Kier molecular flexibility index (Phi) is 7.35. The maximum absolute atomic E-state index is 4.96. The van der Waals surface area contributed by atoms with Crippen LogP contribution >= 0.6 is 22.6 Å². The van der Waals surface area contributed by atoms with Crippen molar-refractivity contribution in [3.63, 3.8) is 0 Å². The van der Waals surface area contributed by atoms with Crippen LogP contribution in [0.15, 0.2) is 0 Å². The summed E-state index contributed by atoms with van der Waals surface area (Å²) in [6.07, 6.45) is 1.15. The van der Waals surface area contributed by atoms with E-state index in [1.54, 1.807) is 0 Å². The van der Waals surface area contributed by atoms with E-state index in [4.69, 9.17) is 4.74 Å². The summed E-state index contributed by atoms with van der Waals surface area (Å²) in [4.78, 5) is 0. The summed E-state index contributed by atoms with van der Waals surface area (Å²) in [6.45, 7) is 5.01. The van der Waals surface area contributed by atoms with Crippen LogP contribution in [0.4, 0.5) is 0 Å². The van der Waals surface area contributed by atoms with E-state index in [0.29, 0.717) is 6.61 Å². The Bertz CT molecular complexity index is 27.3. The molecule has 0 saturated heterocycles. The van der Waals surface area contributed by atoms with Crippen molar-refractivity contribution in [3.8, 4) is 0 Å². The number of hydrogen-bond acceptors (Lipinski definition) is 1. The summed E-state index contributed by atoms with van der Waals surface area (Å²) in [5.74, 6) is 0. The van der Waals surface area contributed by atoms with Gasteiger partial charge in [0.15, 0.2) is 0 Å². The summed E-state index contributed by atoms with van der Waals surface area (Å²) in [6, 6.07) is 0. The van der Waals surface area contributed by atoms with Crippen molar-refractivity contribution in [1.82, 2.24) is 0 Å². The van der Waals surface area contributed by atoms with Crippen LogP contribution in [0.2, 0.25) is 0 Å². The Labute approximate surface area is 58.6 Å². The molecular formula is C5H10IO. The summed E-state index contributed by atoms with van der Waals surface area (Å²) < 4.78 is 6.14. The summed E-state index contributed by atoms with van der Waals surface area (Å²) in [7, 11) is 0. The lowest BCUT2D eigenvalue weighted by Gasteiger charge is -1.94. The number of hydrogen-bond donors (Lipinski definition) is 0. The Morgan fingerprint density at radius 3 is 2.71 bits per heavy atom. The summed E-state index contributed by atoms with van der Waals surface area (Å²) >= 11 is 2.33. The molecule has 0 aliphatic rings. The number of ether oxygens (including phenoxy) is 1. The Hall–Kier alpha value is 0.690. The molecule has 0 atom stereocenters. The van der Waals surface area contributed by atoms with Crippen LogP contribution in [-0.2, 0) is 4.74 Å². The Morgan fingerprint density at radius 2 is 2.29 bits per heavy atom. The fourth-order valence-electron chi connectivity index (χ4n) is 0.259. The summed E-state index contributed by atoms with van der Waals surface area (Å²) in [5, 5.41) is 0. The molecule has 0 N–H and O–H groups in total. The van der Waals surface area contributed by atoms with Gasteiger partial charge in [-0.1, -0.05) is 22.6 Å². The van der Waals surface area contributed by atoms with Crippen molar-refractivity contribution >= 4 is 22.6 Å². The molecule has 43 valence electrons. The second kappa shape index (κ2) is 6.69. The first-order valence-electron chi connectivity index (χ1n) is 2.34. The van der Waals surface area contributed by atoms with Gasteiger partial charge in [-0.2, -0.15) is 0 Å². The highest BCUT2D eigenvalue weighted by molar-refractivity contribution is 14.1. The van der Waals surface area contributed by atoms with Gasteiger partial charge >= 0.3 is 0 Å². The van der Waals surface area contributed by atoms with Gasteiger partial charge in [-0.25, -0.2) is 0 Å². The van der Waals surface area contributed by atoms with Crippen LogP contribution in [0.5, 0.6) is 0 Å². The first kappa shape index (κ1) is 7.69. The van der Waals surface area contributed by atoms with Crippen molar-refractivity contribution in [1.29, 1.82) is 0 Å². The van der Waals surface area contributed by atoms with E-state index >= 15 is 0 Å². The molecule has 7 heavy (non-hydrogen) atoms. The standard InChI is InChI=1S/C5H10IO/c1-2-7-5-3-4-6/h1-5H2. The average molecular weight is 213 g/mol. The molecule has 0 unspecified atom stereocenters. The zero-order chi connectivity index (χ0) is 5.54. The quantitative estimate of drug-likeness (QED) is 0.392. The van der Waals surface area contributed by atoms with Gasteiger partial charge in [0.05, 0.1) is 0 Å². The SMILES string of the molecule is [CH2]COCCCI. The van der Waals surface area contributed by atoms with Crippen molar-refractivity contribution in [2.45, 2.75) is 6.42 Å². The van der Waals surface area contributed by atoms with E-state index in [1.807, 2.05) is 0 Å². The molecule has 0 rings (SSSR count). The third-order valence-electron chi connectivity index (χ3n) is 0.567. The van der Waals surface area contributed by atoms with Gasteiger partial charge in [0.1, 0.15) is 0 Å². The number of halogens is 1. The van der Waals surface area contributed by atoms with Gasteiger partial charge < -0.3 is 4.74 Å². The van der Waals surface area contributed by atoms with Crippen molar-refractivity contribution in [3.05, 3.63) is 6.92 Å². The lowest BCUT2D eigenvalue weighted by atomic mass is 10.5. The Morgan fingerprint density at radius 1 is 1.57 bits per heavy atom. The third kappa shape index (κ3) is 6.69. The molecular weight excluding hydrogens is 203 g/mol. The maximum Gasteiger partial charge on any atom is 0.0473 e. The molecule has 0 aliphatic carbocycles. The minimum Gasteiger partial charge on any atom is -0.381 e. The molecule has 0 heterocycles. The fraction of sp³-hybridized carbons (Fsp3) is 0.800. The molecule has 0 aromatic heterocycles. The maximum atomic E-state index is 4.96. The molecule has 0 bridgehead atoms. The lowest BCUT2D eigenvalue weighted by Crippen LogP contribution is -1.92. The molecule has 1 radical (unpaired) electrons. The van der Waals surface area contributed by atoms with Gasteiger partial charge in [-0.05, 0) is 13.3 Å². The molecule has 0 spiro atoms. The summed E-state index contributed by atoms with van der Waals surface area (Å²) in [5.41, 5.74) is 0. The second-order valence-corrected chi connectivity index (χ2v) is 2.23. The third-order valence-corrected chi connectivity index (χ3v) is 1.33. The zero-order valence-electron chi connectivity index (χ0n) is 4.32. The van der Waals surface area contributed by atoms with Gasteiger partial charge in [-0.15, -0.1) is 0 Å². The van der Waals surface area contributed by atoms with Gasteiger partial charge in [0.2, 0.25) is 0 Å². The van der Waals surface area contributed by atoms with Crippen LogP contribution in [0, 0.1) is 6.92 Å². The van der Waals surface area contributed by atoms with Crippen molar-refractivity contribution in [2.75, 3.05) is 17.6 Å². The van der Waals surface area contributed by atoms with Crippen molar-refractivity contribution in [2.24, 2.45) is 0 Å². The molecule has 0 fully saturated rings. The van der Waals surface area contributed by atoms with Crippen LogP contribution in [-0.4, -0.2) is 17.6 Å². The van der Waals surface area contributed by atoms with E-state index < -0.39 is 0 Å². The smallest absolute Gasteiger partial charge is 0.0473 e. The van der Waals surface area contributed by atoms with E-state index in [1.165, 1.54) is 4.43 Å². The van der Waals surface area contributed by atoms with Gasteiger partial charge in [-0.3, -0.25) is 0 Å². The van der Waals surface area contributed by atoms with Gasteiger partial charge in [0, 0.05) is 17.6 Å². The topological polar surface area (TPSA) is 9.23 Å². The molecule has 1 nitrogen and oxygen atoms in total. The molecule has 0 aromatic carbocycles. The first-order chi connectivity index (χ1) is 3.41. The van der Waals surface area contributed by atoms with E-state index in [9.17, 15) is 0 Å². The Balaban J connectivity index is 2.45. The predicted molar refractivity (Wildman–Crippen MR) is 39.7 cm³/mol. The molecule has 0 aromatic rings. The van der Waals surface area contributed by atoms with Crippen LogP contribution in [0.25, 0.3) is 0 Å². The molecule has 2 heteroatoms. The van der Waals surface area contributed by atoms with E-state index in [2.05, 4.69) is 29.5 Å². The highest BCUT2D eigenvalue weighted by Crippen LogP contribution is 1.87. The van der Waals surface area contributed by atoms with Gasteiger partial charge in [0.25, 0.3) is 0 Å². The lowest BCUT2D eigenvalue weighted by molar-refractivity contribution is 0.163. The normalized spacial score (nSPS) is 9.43. The van der Waals surface area contributed by atoms with Crippen LogP contribution < -0.4 is 0 Å². The fourth-order valence-corrected chi connectivity index (χ4v) is 0.570. The molecule has 0 amide bonds. The second-order valence-electron chi connectivity index (χ2n) is 1.15. The number of alkyl halides is 1. The average Bonchev–Trinajstić information content (AvgIpc) is 1.69. The van der Waals surface area contributed by atoms with E-state index in [-0.39, 0.29) is 0 Å². The first-order valence-corrected chi connectivity index (χ1v) is 3.87. The van der Waals surface area contributed by atoms with Crippen LogP contribution in [0.1, 0.15) is 6.42 Å². The molecule has 0 aliphatic heterocycles. The largest absolute Gasteiger partial charge is 0.381 e. The van der Waals surface area contributed by atoms with Crippen LogP contribution in [0.3, 0.4) is 0 Å².